The first kappa shape index (κ1) is 20.9. The summed E-state index contributed by atoms with van der Waals surface area (Å²) in [6.45, 7) is -0.416. The van der Waals surface area contributed by atoms with Gasteiger partial charge in [-0.2, -0.15) is 0 Å². The molecule has 0 aliphatic heterocycles. The lowest BCUT2D eigenvalue weighted by molar-refractivity contribution is -0.143. The van der Waals surface area contributed by atoms with Crippen LogP contribution in [-0.4, -0.2) is 25.5 Å². The number of halogens is 1. The topological polar surface area (TPSA) is 73.9 Å². The fraction of sp³-hybridized carbons (Fsp3) is 0.130. The smallest absolute Gasteiger partial charge is 0.325 e. The van der Waals surface area contributed by atoms with Gasteiger partial charge in [0.15, 0.2) is 11.6 Å². The second-order valence-electron chi connectivity index (χ2n) is 6.25. The summed E-state index contributed by atoms with van der Waals surface area (Å²) in [5.41, 5.74) is 0.849. The molecule has 0 heterocycles. The average Bonchev–Trinajstić information content (AvgIpc) is 2.77. The van der Waals surface area contributed by atoms with E-state index in [2.05, 4.69) is 5.32 Å². The molecule has 0 bridgehead atoms. The van der Waals surface area contributed by atoms with Crippen LogP contribution in [0.2, 0.25) is 0 Å². The molecule has 0 aromatic heterocycles. The molecule has 3 rings (SSSR count). The van der Waals surface area contributed by atoms with E-state index >= 15 is 0 Å². The third kappa shape index (κ3) is 5.81. The van der Waals surface area contributed by atoms with E-state index in [4.69, 9.17) is 14.2 Å². The Labute approximate surface area is 173 Å². The minimum atomic E-state index is -0.636. The number of carbonyl (C=O) groups excluding carboxylic acids is 2. The summed E-state index contributed by atoms with van der Waals surface area (Å²) >= 11 is 0. The summed E-state index contributed by atoms with van der Waals surface area (Å²) < 4.78 is 29.2. The van der Waals surface area contributed by atoms with Crippen molar-refractivity contribution in [2.75, 3.05) is 13.7 Å². The van der Waals surface area contributed by atoms with Crippen LogP contribution in [0.1, 0.15) is 15.9 Å². The van der Waals surface area contributed by atoms with Crippen LogP contribution in [0.5, 0.6) is 17.2 Å². The third-order valence-electron chi connectivity index (χ3n) is 4.10. The number of esters is 1. The van der Waals surface area contributed by atoms with Crippen molar-refractivity contribution >= 4 is 11.9 Å². The summed E-state index contributed by atoms with van der Waals surface area (Å²) in [5.74, 6) is -0.216. The maximum Gasteiger partial charge on any atom is 0.325 e. The third-order valence-corrected chi connectivity index (χ3v) is 4.10. The number of hydrogen-bond donors (Lipinski definition) is 1. The number of amides is 1. The Balaban J connectivity index is 1.45. The standard InChI is InChI=1S/C23H20FNO5/c1-28-21-12-7-16(13-20(21)24)15-29-22(26)14-25-23(27)17-8-10-19(11-9-17)30-18-5-3-2-4-6-18/h2-13H,14-15H2,1H3,(H,25,27). The van der Waals surface area contributed by atoms with Gasteiger partial charge in [0, 0.05) is 5.56 Å². The Bertz CT molecular complexity index is 1010. The molecule has 0 atom stereocenters. The summed E-state index contributed by atoms with van der Waals surface area (Å²) in [6, 6.07) is 20.1. The Morgan fingerprint density at radius 2 is 1.63 bits per heavy atom. The number of ether oxygens (including phenoxy) is 3. The highest BCUT2D eigenvalue weighted by molar-refractivity contribution is 5.96. The molecule has 0 unspecified atom stereocenters. The Kier molecular flexibility index (Phi) is 7.00. The van der Waals surface area contributed by atoms with Gasteiger partial charge in [-0.15, -0.1) is 0 Å². The van der Waals surface area contributed by atoms with Gasteiger partial charge in [0.2, 0.25) is 0 Å². The Morgan fingerprint density at radius 3 is 2.30 bits per heavy atom. The van der Waals surface area contributed by atoms with Crippen LogP contribution in [0, 0.1) is 5.82 Å². The van der Waals surface area contributed by atoms with Crippen molar-refractivity contribution in [3.8, 4) is 17.2 Å². The van der Waals surface area contributed by atoms with E-state index in [1.165, 1.54) is 19.2 Å². The number of hydrogen-bond acceptors (Lipinski definition) is 5. The average molecular weight is 409 g/mol. The largest absolute Gasteiger partial charge is 0.494 e. The van der Waals surface area contributed by atoms with Crippen LogP contribution in [0.15, 0.2) is 72.8 Å². The van der Waals surface area contributed by atoms with E-state index in [-0.39, 0.29) is 18.9 Å². The van der Waals surface area contributed by atoms with Gasteiger partial charge in [0.25, 0.3) is 5.91 Å². The van der Waals surface area contributed by atoms with Crippen molar-refractivity contribution in [2.45, 2.75) is 6.61 Å². The van der Waals surface area contributed by atoms with Gasteiger partial charge in [-0.05, 0) is 54.1 Å². The molecule has 0 spiro atoms. The number of para-hydroxylation sites is 1. The van der Waals surface area contributed by atoms with Gasteiger partial charge in [-0.25, -0.2) is 4.39 Å². The quantitative estimate of drug-likeness (QED) is 0.567. The van der Waals surface area contributed by atoms with Gasteiger partial charge in [-0.1, -0.05) is 24.3 Å². The van der Waals surface area contributed by atoms with E-state index in [0.717, 1.165) is 0 Å². The highest BCUT2D eigenvalue weighted by atomic mass is 19.1. The molecule has 1 amide bonds. The Morgan fingerprint density at radius 1 is 0.933 bits per heavy atom. The zero-order chi connectivity index (χ0) is 21.3. The van der Waals surface area contributed by atoms with Crippen molar-refractivity contribution in [1.82, 2.24) is 5.32 Å². The molecule has 3 aromatic rings. The molecule has 6 nitrogen and oxygen atoms in total. The molecular weight excluding hydrogens is 389 g/mol. The molecule has 0 aliphatic rings. The lowest BCUT2D eigenvalue weighted by Gasteiger charge is -2.09. The maximum atomic E-state index is 13.6. The molecule has 154 valence electrons. The molecule has 0 aliphatic carbocycles. The number of benzene rings is 3. The normalized spacial score (nSPS) is 10.2. The predicted octanol–water partition coefficient (Wildman–Crippen LogP) is 4.10. The van der Waals surface area contributed by atoms with Crippen molar-refractivity contribution in [1.29, 1.82) is 0 Å². The van der Waals surface area contributed by atoms with E-state index < -0.39 is 17.7 Å². The highest BCUT2D eigenvalue weighted by Crippen LogP contribution is 2.21. The summed E-state index contributed by atoms with van der Waals surface area (Å²) in [7, 11) is 1.37. The zero-order valence-corrected chi connectivity index (χ0v) is 16.3. The minimum absolute atomic E-state index is 0.109. The first-order chi connectivity index (χ1) is 14.5. The lowest BCUT2D eigenvalue weighted by atomic mass is 10.2. The number of nitrogens with one attached hydrogen (secondary N) is 1. The summed E-state index contributed by atoms with van der Waals surface area (Å²) in [4.78, 5) is 24.0. The van der Waals surface area contributed by atoms with Crippen LogP contribution in [-0.2, 0) is 16.1 Å². The molecule has 3 aromatic carbocycles. The van der Waals surface area contributed by atoms with E-state index in [1.54, 1.807) is 30.3 Å². The van der Waals surface area contributed by atoms with Gasteiger partial charge in [-0.3, -0.25) is 9.59 Å². The molecule has 0 fully saturated rings. The number of rotatable bonds is 8. The monoisotopic (exact) mass is 409 g/mol. The molecule has 1 N–H and O–H groups in total. The summed E-state index contributed by atoms with van der Waals surface area (Å²) in [6.07, 6.45) is 0. The molecule has 30 heavy (non-hydrogen) atoms. The second-order valence-corrected chi connectivity index (χ2v) is 6.25. The first-order valence-corrected chi connectivity index (χ1v) is 9.14. The first-order valence-electron chi connectivity index (χ1n) is 9.14. The zero-order valence-electron chi connectivity index (χ0n) is 16.3. The van der Waals surface area contributed by atoms with Crippen LogP contribution < -0.4 is 14.8 Å². The lowest BCUT2D eigenvalue weighted by Crippen LogP contribution is -2.30. The van der Waals surface area contributed by atoms with Gasteiger partial charge in [0.1, 0.15) is 24.7 Å². The van der Waals surface area contributed by atoms with Crippen LogP contribution >= 0.6 is 0 Å². The maximum absolute atomic E-state index is 13.6. The second kappa shape index (κ2) is 10.1. The molecule has 0 saturated carbocycles. The van der Waals surface area contributed by atoms with E-state index in [1.807, 2.05) is 30.3 Å². The summed E-state index contributed by atoms with van der Waals surface area (Å²) in [5, 5.41) is 2.49. The Hall–Kier alpha value is -3.87. The molecular formula is C23H20FNO5. The highest BCUT2D eigenvalue weighted by Gasteiger charge is 2.10. The van der Waals surface area contributed by atoms with Crippen LogP contribution in [0.4, 0.5) is 4.39 Å². The van der Waals surface area contributed by atoms with E-state index in [0.29, 0.717) is 22.6 Å². The molecule has 7 heteroatoms. The predicted molar refractivity (Wildman–Crippen MR) is 108 cm³/mol. The number of methoxy groups -OCH3 is 1. The van der Waals surface area contributed by atoms with E-state index in [9.17, 15) is 14.0 Å². The van der Waals surface area contributed by atoms with Crippen LogP contribution in [0.3, 0.4) is 0 Å². The molecule has 0 saturated heterocycles. The van der Waals surface area contributed by atoms with Crippen molar-refractivity contribution < 1.29 is 28.2 Å². The fourth-order valence-corrected chi connectivity index (χ4v) is 2.57. The van der Waals surface area contributed by atoms with Crippen molar-refractivity contribution in [3.63, 3.8) is 0 Å². The van der Waals surface area contributed by atoms with Gasteiger partial charge in [0.05, 0.1) is 7.11 Å². The minimum Gasteiger partial charge on any atom is -0.494 e. The number of carbonyl (C=O) groups is 2. The van der Waals surface area contributed by atoms with Gasteiger partial charge < -0.3 is 19.5 Å². The molecule has 0 radical (unpaired) electrons. The SMILES string of the molecule is COc1ccc(COC(=O)CNC(=O)c2ccc(Oc3ccccc3)cc2)cc1F. The van der Waals surface area contributed by atoms with Crippen molar-refractivity contribution in [3.05, 3.63) is 89.7 Å². The van der Waals surface area contributed by atoms with Crippen LogP contribution in [0.25, 0.3) is 0 Å². The van der Waals surface area contributed by atoms with Crippen molar-refractivity contribution in [2.24, 2.45) is 0 Å². The van der Waals surface area contributed by atoms with Gasteiger partial charge >= 0.3 is 5.97 Å². The fourth-order valence-electron chi connectivity index (χ4n) is 2.57.